The Labute approximate surface area is 162 Å². The van der Waals surface area contributed by atoms with Gasteiger partial charge in [0.05, 0.1) is 12.7 Å². The summed E-state index contributed by atoms with van der Waals surface area (Å²) in [6.07, 6.45) is 5.63. The van der Waals surface area contributed by atoms with Gasteiger partial charge in [0.25, 0.3) is 5.91 Å². The monoisotopic (exact) mass is 367 g/mol. The minimum atomic E-state index is 0.0813. The largest absolute Gasteiger partial charge is 0.372 e. The highest BCUT2D eigenvalue weighted by molar-refractivity contribution is 5.94. The molecule has 27 heavy (non-hydrogen) atoms. The molecule has 0 spiro atoms. The molecule has 0 radical (unpaired) electrons. The van der Waals surface area contributed by atoms with Crippen molar-refractivity contribution in [3.05, 3.63) is 59.9 Å². The minimum absolute atomic E-state index is 0.0813. The SMILES string of the molecule is CCN(CC)c1ccc(C(=O)N2CCCC(OCc3cccnc3)C2)cc1. The van der Waals surface area contributed by atoms with E-state index in [4.69, 9.17) is 4.74 Å². The molecule has 5 nitrogen and oxygen atoms in total. The second-order valence-corrected chi connectivity index (χ2v) is 6.91. The van der Waals surface area contributed by atoms with Gasteiger partial charge in [-0.25, -0.2) is 0 Å². The van der Waals surface area contributed by atoms with Crippen molar-refractivity contribution in [1.82, 2.24) is 9.88 Å². The van der Waals surface area contributed by atoms with E-state index in [1.165, 1.54) is 0 Å². The maximum atomic E-state index is 12.9. The lowest BCUT2D eigenvalue weighted by Gasteiger charge is -2.33. The first-order valence-corrected chi connectivity index (χ1v) is 9.86. The molecule has 144 valence electrons. The molecule has 3 rings (SSSR count). The highest BCUT2D eigenvalue weighted by atomic mass is 16.5. The van der Waals surface area contributed by atoms with Gasteiger partial charge in [0, 0.05) is 49.8 Å². The van der Waals surface area contributed by atoms with Crippen LogP contribution in [-0.4, -0.2) is 48.1 Å². The van der Waals surface area contributed by atoms with Gasteiger partial charge in [-0.15, -0.1) is 0 Å². The molecule has 0 bridgehead atoms. The summed E-state index contributed by atoms with van der Waals surface area (Å²) in [5.41, 5.74) is 2.97. The Hall–Kier alpha value is -2.40. The van der Waals surface area contributed by atoms with E-state index in [0.717, 1.165) is 49.3 Å². The molecular formula is C22H29N3O2. The van der Waals surface area contributed by atoms with E-state index in [0.29, 0.717) is 13.2 Å². The molecule has 2 heterocycles. The van der Waals surface area contributed by atoms with E-state index in [-0.39, 0.29) is 12.0 Å². The lowest BCUT2D eigenvalue weighted by molar-refractivity contribution is -0.00681. The maximum absolute atomic E-state index is 12.9. The number of hydrogen-bond acceptors (Lipinski definition) is 4. The highest BCUT2D eigenvalue weighted by Crippen LogP contribution is 2.20. The van der Waals surface area contributed by atoms with E-state index in [2.05, 4.69) is 23.7 Å². The lowest BCUT2D eigenvalue weighted by atomic mass is 10.1. The first-order chi connectivity index (χ1) is 13.2. The number of hydrogen-bond donors (Lipinski definition) is 0. The predicted molar refractivity (Wildman–Crippen MR) is 108 cm³/mol. The van der Waals surface area contributed by atoms with Crippen molar-refractivity contribution < 1.29 is 9.53 Å². The average molecular weight is 367 g/mol. The zero-order valence-electron chi connectivity index (χ0n) is 16.3. The number of benzene rings is 1. The third-order valence-corrected chi connectivity index (χ3v) is 5.12. The number of aromatic nitrogens is 1. The van der Waals surface area contributed by atoms with Crippen LogP contribution in [0.4, 0.5) is 5.69 Å². The number of likely N-dealkylation sites (tertiary alicyclic amines) is 1. The van der Waals surface area contributed by atoms with Gasteiger partial charge < -0.3 is 14.5 Å². The molecule has 0 saturated carbocycles. The van der Waals surface area contributed by atoms with Crippen LogP contribution in [0.15, 0.2) is 48.8 Å². The summed E-state index contributed by atoms with van der Waals surface area (Å²) in [5, 5.41) is 0. The van der Waals surface area contributed by atoms with Crippen LogP contribution in [0.5, 0.6) is 0 Å². The Morgan fingerprint density at radius 1 is 1.22 bits per heavy atom. The van der Waals surface area contributed by atoms with Gasteiger partial charge in [-0.05, 0) is 62.6 Å². The van der Waals surface area contributed by atoms with Crippen LogP contribution in [0.1, 0.15) is 42.6 Å². The molecule has 2 aromatic rings. The van der Waals surface area contributed by atoms with Gasteiger partial charge in [-0.3, -0.25) is 9.78 Å². The van der Waals surface area contributed by atoms with E-state index in [9.17, 15) is 4.79 Å². The summed E-state index contributed by atoms with van der Waals surface area (Å²) < 4.78 is 6.02. The number of anilines is 1. The average Bonchev–Trinajstić information content (AvgIpc) is 2.74. The van der Waals surface area contributed by atoms with Gasteiger partial charge in [-0.2, -0.15) is 0 Å². The fourth-order valence-corrected chi connectivity index (χ4v) is 3.54. The number of rotatable bonds is 7. The Kier molecular flexibility index (Phi) is 6.82. The molecule has 1 fully saturated rings. The molecule has 1 atom stereocenters. The molecule has 5 heteroatoms. The molecule has 0 N–H and O–H groups in total. The van der Waals surface area contributed by atoms with Crippen molar-refractivity contribution in [2.75, 3.05) is 31.1 Å². The smallest absolute Gasteiger partial charge is 0.253 e. The van der Waals surface area contributed by atoms with Crippen LogP contribution in [0.2, 0.25) is 0 Å². The fourth-order valence-electron chi connectivity index (χ4n) is 3.54. The van der Waals surface area contributed by atoms with E-state index >= 15 is 0 Å². The molecule has 1 aromatic carbocycles. The number of amides is 1. The van der Waals surface area contributed by atoms with Crippen molar-refractivity contribution in [2.45, 2.75) is 39.4 Å². The van der Waals surface area contributed by atoms with Crippen LogP contribution in [0.3, 0.4) is 0 Å². The minimum Gasteiger partial charge on any atom is -0.372 e. The van der Waals surface area contributed by atoms with Crippen LogP contribution in [-0.2, 0) is 11.3 Å². The molecule has 1 amide bonds. The van der Waals surface area contributed by atoms with Crippen LogP contribution < -0.4 is 4.90 Å². The molecule has 1 aliphatic heterocycles. The standard InChI is InChI=1S/C22H29N3O2/c1-3-24(4-2)20-11-9-19(10-12-20)22(26)25-14-6-8-21(16-25)27-17-18-7-5-13-23-15-18/h5,7,9-13,15,21H,3-4,6,8,14,16-17H2,1-2H3. The summed E-state index contributed by atoms with van der Waals surface area (Å²) in [5.74, 6) is 0.0933. The number of ether oxygens (including phenoxy) is 1. The second-order valence-electron chi connectivity index (χ2n) is 6.91. The van der Waals surface area contributed by atoms with Crippen LogP contribution >= 0.6 is 0 Å². The number of pyridine rings is 1. The fraction of sp³-hybridized carbons (Fsp3) is 0.455. The van der Waals surface area contributed by atoms with Crippen molar-refractivity contribution in [3.63, 3.8) is 0 Å². The Morgan fingerprint density at radius 3 is 2.67 bits per heavy atom. The Bertz CT molecular complexity index is 714. The first kappa shape index (κ1) is 19.4. The number of carbonyl (C=O) groups excluding carboxylic acids is 1. The van der Waals surface area contributed by atoms with E-state index in [1.54, 1.807) is 6.20 Å². The zero-order valence-corrected chi connectivity index (χ0v) is 16.3. The van der Waals surface area contributed by atoms with Crippen LogP contribution in [0, 0.1) is 0 Å². The maximum Gasteiger partial charge on any atom is 0.253 e. The lowest BCUT2D eigenvalue weighted by Crippen LogP contribution is -2.43. The highest BCUT2D eigenvalue weighted by Gasteiger charge is 2.25. The van der Waals surface area contributed by atoms with Gasteiger partial charge in [0.1, 0.15) is 0 Å². The zero-order chi connectivity index (χ0) is 19.1. The Balaban J connectivity index is 1.57. The topological polar surface area (TPSA) is 45.7 Å². The summed E-state index contributed by atoms with van der Waals surface area (Å²) in [6.45, 7) is 8.20. The van der Waals surface area contributed by atoms with Crippen molar-refractivity contribution in [1.29, 1.82) is 0 Å². The number of nitrogens with zero attached hydrogens (tertiary/aromatic N) is 3. The third kappa shape index (κ3) is 5.07. The van der Waals surface area contributed by atoms with Crippen molar-refractivity contribution in [2.24, 2.45) is 0 Å². The van der Waals surface area contributed by atoms with Gasteiger partial charge in [0.2, 0.25) is 0 Å². The molecule has 1 saturated heterocycles. The first-order valence-electron chi connectivity index (χ1n) is 9.86. The van der Waals surface area contributed by atoms with Gasteiger partial charge >= 0.3 is 0 Å². The summed E-state index contributed by atoms with van der Waals surface area (Å²) >= 11 is 0. The normalized spacial score (nSPS) is 17.0. The molecular weight excluding hydrogens is 338 g/mol. The molecule has 0 aliphatic carbocycles. The summed E-state index contributed by atoms with van der Waals surface area (Å²) in [7, 11) is 0. The molecule has 1 aliphatic rings. The molecule has 1 unspecified atom stereocenters. The second kappa shape index (κ2) is 9.51. The molecule has 1 aromatic heterocycles. The quantitative estimate of drug-likeness (QED) is 0.748. The predicted octanol–water partition coefficient (Wildman–Crippen LogP) is 3.75. The number of carbonyl (C=O) groups is 1. The van der Waals surface area contributed by atoms with Crippen molar-refractivity contribution in [3.8, 4) is 0 Å². The van der Waals surface area contributed by atoms with E-state index < -0.39 is 0 Å². The van der Waals surface area contributed by atoms with E-state index in [1.807, 2.05) is 47.5 Å². The summed E-state index contributed by atoms with van der Waals surface area (Å²) in [6, 6.07) is 11.9. The third-order valence-electron chi connectivity index (χ3n) is 5.12. The van der Waals surface area contributed by atoms with Crippen LogP contribution in [0.25, 0.3) is 0 Å². The van der Waals surface area contributed by atoms with Gasteiger partial charge in [0.15, 0.2) is 0 Å². The number of piperidine rings is 1. The Morgan fingerprint density at radius 2 is 2.00 bits per heavy atom. The van der Waals surface area contributed by atoms with Crippen molar-refractivity contribution >= 4 is 11.6 Å². The van der Waals surface area contributed by atoms with Gasteiger partial charge in [-0.1, -0.05) is 6.07 Å². The summed E-state index contributed by atoms with van der Waals surface area (Å²) in [4.78, 5) is 21.2.